The Morgan fingerprint density at radius 1 is 1.00 bits per heavy atom. The molecule has 2 aromatic rings. The Hall–Kier alpha value is -3.88. The number of benzene rings is 2. The van der Waals surface area contributed by atoms with Crippen molar-refractivity contribution < 1.29 is 28.7 Å². The van der Waals surface area contributed by atoms with E-state index in [0.717, 1.165) is 11.1 Å². The van der Waals surface area contributed by atoms with Gasteiger partial charge in [-0.05, 0) is 57.6 Å². The van der Waals surface area contributed by atoms with Crippen LogP contribution in [0.15, 0.2) is 60.7 Å². The van der Waals surface area contributed by atoms with Crippen LogP contribution in [-0.2, 0) is 36.9 Å². The molecule has 0 unspecified atom stereocenters. The first-order chi connectivity index (χ1) is 18.0. The zero-order valence-electron chi connectivity index (χ0n) is 22.2. The van der Waals surface area contributed by atoms with Gasteiger partial charge in [-0.3, -0.25) is 9.59 Å². The number of nitrogens with one attached hydrogen (secondary N) is 1. The second-order valence-corrected chi connectivity index (χ2v) is 10.5. The van der Waals surface area contributed by atoms with Crippen LogP contribution in [0.3, 0.4) is 0 Å². The molecule has 3 amide bonds. The largest absolute Gasteiger partial charge is 0.459 e. The standard InChI is InChI=1S/C29H37N3O6/c1-29(2,3)38-28(36)31-23(18-22(25(30)33)17-20-11-6-4-7-12-20)26(34)32-16-10-15-24(32)27(35)37-19-21-13-8-5-9-14-21/h4-9,11-14,22-24H,10,15-19H2,1-3H3,(H2,30,33)(H,31,36)/t22-,23+,24+/m0/s1. The lowest BCUT2D eigenvalue weighted by molar-refractivity contribution is -0.155. The van der Waals surface area contributed by atoms with Gasteiger partial charge in [0, 0.05) is 12.5 Å². The van der Waals surface area contributed by atoms with Gasteiger partial charge in [-0.1, -0.05) is 60.7 Å². The molecule has 0 bridgehead atoms. The fourth-order valence-electron chi connectivity index (χ4n) is 4.46. The molecule has 2 aromatic carbocycles. The summed E-state index contributed by atoms with van der Waals surface area (Å²) in [5.74, 6) is -2.30. The van der Waals surface area contributed by atoms with Gasteiger partial charge >= 0.3 is 12.1 Å². The predicted molar refractivity (Wildman–Crippen MR) is 142 cm³/mol. The average Bonchev–Trinajstić information content (AvgIpc) is 3.36. The summed E-state index contributed by atoms with van der Waals surface area (Å²) in [5, 5.41) is 2.63. The number of hydrogen-bond acceptors (Lipinski definition) is 6. The lowest BCUT2D eigenvalue weighted by Crippen LogP contribution is -2.53. The first kappa shape index (κ1) is 28.7. The van der Waals surface area contributed by atoms with E-state index in [-0.39, 0.29) is 13.0 Å². The summed E-state index contributed by atoms with van der Waals surface area (Å²) in [4.78, 5) is 53.1. The first-order valence-electron chi connectivity index (χ1n) is 12.9. The molecule has 0 spiro atoms. The lowest BCUT2D eigenvalue weighted by atomic mass is 9.91. The van der Waals surface area contributed by atoms with Crippen LogP contribution in [0.2, 0.25) is 0 Å². The van der Waals surface area contributed by atoms with E-state index in [1.54, 1.807) is 20.8 Å². The van der Waals surface area contributed by atoms with Crippen LogP contribution in [0.4, 0.5) is 4.79 Å². The topological polar surface area (TPSA) is 128 Å². The second-order valence-electron chi connectivity index (χ2n) is 10.5. The molecule has 3 atom stereocenters. The van der Waals surface area contributed by atoms with E-state index in [2.05, 4.69) is 5.32 Å². The van der Waals surface area contributed by atoms with Crippen LogP contribution in [0.25, 0.3) is 0 Å². The molecule has 1 saturated heterocycles. The summed E-state index contributed by atoms with van der Waals surface area (Å²) in [6, 6.07) is 16.7. The van der Waals surface area contributed by atoms with Gasteiger partial charge in [0.15, 0.2) is 0 Å². The highest BCUT2D eigenvalue weighted by Crippen LogP contribution is 2.23. The summed E-state index contributed by atoms with van der Waals surface area (Å²) in [5.41, 5.74) is 6.64. The summed E-state index contributed by atoms with van der Waals surface area (Å²) in [6.45, 7) is 5.56. The molecule has 1 aliphatic heterocycles. The maximum Gasteiger partial charge on any atom is 0.408 e. The van der Waals surface area contributed by atoms with Crippen molar-refractivity contribution in [3.05, 3.63) is 71.8 Å². The third-order valence-corrected chi connectivity index (χ3v) is 6.27. The van der Waals surface area contributed by atoms with E-state index in [1.807, 2.05) is 60.7 Å². The number of rotatable bonds is 10. The zero-order valence-corrected chi connectivity index (χ0v) is 22.2. The number of esters is 1. The smallest absolute Gasteiger partial charge is 0.408 e. The minimum absolute atomic E-state index is 0.0371. The quantitative estimate of drug-likeness (QED) is 0.460. The van der Waals surface area contributed by atoms with Crippen molar-refractivity contribution in [3.8, 4) is 0 Å². The van der Waals surface area contributed by atoms with Crippen molar-refractivity contribution in [3.63, 3.8) is 0 Å². The number of nitrogens with zero attached hydrogens (tertiary/aromatic N) is 1. The molecule has 38 heavy (non-hydrogen) atoms. The number of hydrogen-bond donors (Lipinski definition) is 2. The number of alkyl carbamates (subject to hydrolysis) is 1. The molecule has 3 N–H and O–H groups in total. The molecule has 0 radical (unpaired) electrons. The van der Waals surface area contributed by atoms with Crippen LogP contribution < -0.4 is 11.1 Å². The highest BCUT2D eigenvalue weighted by molar-refractivity contribution is 5.91. The number of carbonyl (C=O) groups excluding carboxylic acids is 4. The van der Waals surface area contributed by atoms with E-state index in [4.69, 9.17) is 15.2 Å². The number of likely N-dealkylation sites (tertiary alicyclic amines) is 1. The Balaban J connectivity index is 1.76. The van der Waals surface area contributed by atoms with E-state index < -0.39 is 47.5 Å². The molecule has 0 aromatic heterocycles. The number of primary amides is 1. The van der Waals surface area contributed by atoms with Gasteiger partial charge < -0.3 is 25.4 Å². The SMILES string of the molecule is CC(C)(C)OC(=O)N[C@H](C[C@H](Cc1ccccc1)C(N)=O)C(=O)N1CCC[C@@H]1C(=O)OCc1ccccc1. The van der Waals surface area contributed by atoms with Gasteiger partial charge in [-0.25, -0.2) is 9.59 Å². The monoisotopic (exact) mass is 523 g/mol. The number of carbonyl (C=O) groups is 4. The lowest BCUT2D eigenvalue weighted by Gasteiger charge is -2.30. The first-order valence-corrected chi connectivity index (χ1v) is 12.9. The highest BCUT2D eigenvalue weighted by Gasteiger charge is 2.40. The fraction of sp³-hybridized carbons (Fsp3) is 0.448. The highest BCUT2D eigenvalue weighted by atomic mass is 16.6. The molecule has 9 heteroatoms. The Labute approximate surface area is 223 Å². The molecular formula is C29H37N3O6. The molecule has 9 nitrogen and oxygen atoms in total. The third kappa shape index (κ3) is 8.61. The Kier molecular flexibility index (Phi) is 9.87. The van der Waals surface area contributed by atoms with Crippen molar-refractivity contribution in [1.82, 2.24) is 10.2 Å². The molecule has 1 aliphatic rings. The molecule has 3 rings (SSSR count). The Morgan fingerprint density at radius 3 is 2.18 bits per heavy atom. The summed E-state index contributed by atoms with van der Waals surface area (Å²) >= 11 is 0. The zero-order chi connectivity index (χ0) is 27.7. The van der Waals surface area contributed by atoms with Crippen LogP contribution in [0.1, 0.15) is 51.2 Å². The molecule has 1 fully saturated rings. The van der Waals surface area contributed by atoms with Crippen molar-refractivity contribution in [2.24, 2.45) is 11.7 Å². The van der Waals surface area contributed by atoms with E-state index in [1.165, 1.54) is 4.90 Å². The van der Waals surface area contributed by atoms with Gasteiger partial charge in [0.25, 0.3) is 0 Å². The van der Waals surface area contributed by atoms with Gasteiger partial charge in [0.2, 0.25) is 11.8 Å². The Bertz CT molecular complexity index is 1100. The molecule has 0 saturated carbocycles. The van der Waals surface area contributed by atoms with Crippen molar-refractivity contribution in [1.29, 1.82) is 0 Å². The van der Waals surface area contributed by atoms with Crippen LogP contribution >= 0.6 is 0 Å². The fourth-order valence-corrected chi connectivity index (χ4v) is 4.46. The second kappa shape index (κ2) is 13.1. The van der Waals surface area contributed by atoms with Crippen molar-refractivity contribution in [2.75, 3.05) is 6.54 Å². The van der Waals surface area contributed by atoms with E-state index in [9.17, 15) is 19.2 Å². The molecular weight excluding hydrogens is 486 g/mol. The van der Waals surface area contributed by atoms with Gasteiger partial charge in [0.1, 0.15) is 24.3 Å². The summed E-state index contributed by atoms with van der Waals surface area (Å²) in [6.07, 6.45) is 0.533. The van der Waals surface area contributed by atoms with Gasteiger partial charge in [-0.2, -0.15) is 0 Å². The van der Waals surface area contributed by atoms with E-state index in [0.29, 0.717) is 25.8 Å². The summed E-state index contributed by atoms with van der Waals surface area (Å²) in [7, 11) is 0. The number of amides is 3. The normalized spacial score (nSPS) is 16.8. The third-order valence-electron chi connectivity index (χ3n) is 6.27. The van der Waals surface area contributed by atoms with Crippen LogP contribution in [0, 0.1) is 5.92 Å². The number of nitrogens with two attached hydrogens (primary N) is 1. The number of ether oxygens (including phenoxy) is 2. The minimum atomic E-state index is -1.12. The minimum Gasteiger partial charge on any atom is -0.459 e. The van der Waals surface area contributed by atoms with Crippen LogP contribution in [0.5, 0.6) is 0 Å². The predicted octanol–water partition coefficient (Wildman–Crippen LogP) is 3.35. The molecule has 204 valence electrons. The average molecular weight is 524 g/mol. The molecule has 1 heterocycles. The van der Waals surface area contributed by atoms with Crippen molar-refractivity contribution in [2.45, 2.75) is 70.7 Å². The van der Waals surface area contributed by atoms with Crippen LogP contribution in [-0.4, -0.2) is 53.0 Å². The van der Waals surface area contributed by atoms with E-state index >= 15 is 0 Å². The van der Waals surface area contributed by atoms with Crippen molar-refractivity contribution >= 4 is 23.9 Å². The molecule has 0 aliphatic carbocycles. The van der Waals surface area contributed by atoms with Gasteiger partial charge in [-0.15, -0.1) is 0 Å². The van der Waals surface area contributed by atoms with Gasteiger partial charge in [0.05, 0.1) is 0 Å². The summed E-state index contributed by atoms with van der Waals surface area (Å²) < 4.78 is 10.9. The Morgan fingerprint density at radius 2 is 1.61 bits per heavy atom. The maximum atomic E-state index is 13.7. The maximum absolute atomic E-state index is 13.7.